The lowest BCUT2D eigenvalue weighted by Crippen LogP contribution is -2.00. The van der Waals surface area contributed by atoms with Gasteiger partial charge in [0.15, 0.2) is 0 Å². The summed E-state index contributed by atoms with van der Waals surface area (Å²) in [6.07, 6.45) is 5.57. The Bertz CT molecular complexity index is 788. The average Bonchev–Trinajstić information content (AvgIpc) is 3.06. The largest absolute Gasteiger partial charge is 0.508 e. The highest BCUT2D eigenvalue weighted by atomic mass is 32.1. The predicted octanol–water partition coefficient (Wildman–Crippen LogP) is 4.10. The molecule has 2 N–H and O–H groups in total. The van der Waals surface area contributed by atoms with Gasteiger partial charge in [-0.15, -0.1) is 11.3 Å². The van der Waals surface area contributed by atoms with Gasteiger partial charge in [0.25, 0.3) is 0 Å². The molecule has 3 aromatic rings. The van der Waals surface area contributed by atoms with Gasteiger partial charge in [0.1, 0.15) is 11.6 Å². The van der Waals surface area contributed by atoms with Crippen molar-refractivity contribution < 1.29 is 5.11 Å². The molecule has 106 valence electrons. The predicted molar refractivity (Wildman–Crippen MR) is 87.1 cm³/mol. The molecule has 0 amide bonds. The molecule has 2 heterocycles. The third kappa shape index (κ3) is 2.36. The van der Waals surface area contributed by atoms with Gasteiger partial charge in [-0.2, -0.15) is 0 Å². The van der Waals surface area contributed by atoms with E-state index in [1.807, 2.05) is 23.5 Å². The smallest absolute Gasteiger partial charge is 0.134 e. The second-order valence-electron chi connectivity index (χ2n) is 5.43. The first-order chi connectivity index (χ1) is 10.3. The van der Waals surface area contributed by atoms with Gasteiger partial charge in [-0.05, 0) is 54.5 Å². The van der Waals surface area contributed by atoms with Crippen LogP contribution in [-0.4, -0.2) is 10.1 Å². The summed E-state index contributed by atoms with van der Waals surface area (Å²) in [7, 11) is 0. The quantitative estimate of drug-likeness (QED) is 0.764. The molecular formula is C17H16N2OS. The molecule has 3 nitrogen and oxygen atoms in total. The SMILES string of the molecule is Oc1ccc2ccnc(NCc3cc4c(s3)CCC4)c2c1. The van der Waals surface area contributed by atoms with Crippen molar-refractivity contribution in [1.29, 1.82) is 0 Å². The Balaban J connectivity index is 1.60. The first-order valence-electron chi connectivity index (χ1n) is 7.22. The number of aromatic nitrogens is 1. The zero-order chi connectivity index (χ0) is 14.2. The third-order valence-corrected chi connectivity index (χ3v) is 5.21. The Hall–Kier alpha value is -2.07. The molecule has 0 unspecified atom stereocenters. The first kappa shape index (κ1) is 12.7. The topological polar surface area (TPSA) is 45.2 Å². The van der Waals surface area contributed by atoms with Crippen molar-refractivity contribution in [1.82, 2.24) is 4.98 Å². The fourth-order valence-electron chi connectivity index (χ4n) is 2.95. The van der Waals surface area contributed by atoms with Gasteiger partial charge < -0.3 is 10.4 Å². The van der Waals surface area contributed by atoms with Crippen LogP contribution < -0.4 is 5.32 Å². The number of nitrogens with zero attached hydrogens (tertiary/aromatic N) is 1. The lowest BCUT2D eigenvalue weighted by molar-refractivity contribution is 0.476. The molecule has 0 spiro atoms. The number of phenolic OH excluding ortho intramolecular Hbond substituents is 1. The summed E-state index contributed by atoms with van der Waals surface area (Å²) in [6, 6.07) is 9.66. The van der Waals surface area contributed by atoms with Gasteiger partial charge in [0, 0.05) is 21.3 Å². The van der Waals surface area contributed by atoms with Crippen molar-refractivity contribution >= 4 is 27.9 Å². The summed E-state index contributed by atoms with van der Waals surface area (Å²) in [4.78, 5) is 7.32. The molecule has 0 saturated carbocycles. The van der Waals surface area contributed by atoms with Gasteiger partial charge in [-0.25, -0.2) is 4.98 Å². The molecule has 0 bridgehead atoms. The van der Waals surface area contributed by atoms with Gasteiger partial charge in [-0.1, -0.05) is 6.07 Å². The molecule has 0 aliphatic heterocycles. The van der Waals surface area contributed by atoms with E-state index in [-0.39, 0.29) is 5.75 Å². The Morgan fingerprint density at radius 3 is 3.05 bits per heavy atom. The molecule has 0 radical (unpaired) electrons. The summed E-state index contributed by atoms with van der Waals surface area (Å²) in [6.45, 7) is 0.791. The van der Waals surface area contributed by atoms with Crippen LogP contribution in [0.3, 0.4) is 0 Å². The summed E-state index contributed by atoms with van der Waals surface area (Å²) in [5.74, 6) is 1.10. The lowest BCUT2D eigenvalue weighted by Gasteiger charge is -2.08. The van der Waals surface area contributed by atoms with Crippen molar-refractivity contribution in [2.24, 2.45) is 0 Å². The summed E-state index contributed by atoms with van der Waals surface area (Å²) in [5.41, 5.74) is 1.53. The lowest BCUT2D eigenvalue weighted by atomic mass is 10.1. The molecule has 1 aliphatic rings. The number of phenols is 1. The van der Waals surface area contributed by atoms with E-state index < -0.39 is 0 Å². The number of anilines is 1. The summed E-state index contributed by atoms with van der Waals surface area (Å²) < 4.78 is 0. The normalized spacial score (nSPS) is 13.5. The van der Waals surface area contributed by atoms with Crippen LogP contribution in [0.4, 0.5) is 5.82 Å². The minimum absolute atomic E-state index is 0.272. The minimum Gasteiger partial charge on any atom is -0.508 e. The highest BCUT2D eigenvalue weighted by Crippen LogP contribution is 2.31. The molecule has 0 fully saturated rings. The van der Waals surface area contributed by atoms with E-state index in [0.29, 0.717) is 0 Å². The van der Waals surface area contributed by atoms with E-state index in [0.717, 1.165) is 23.1 Å². The van der Waals surface area contributed by atoms with Crippen molar-refractivity contribution in [3.05, 3.63) is 51.8 Å². The highest BCUT2D eigenvalue weighted by molar-refractivity contribution is 7.12. The van der Waals surface area contributed by atoms with Crippen LogP contribution in [-0.2, 0) is 19.4 Å². The highest BCUT2D eigenvalue weighted by Gasteiger charge is 2.14. The molecule has 2 aromatic heterocycles. The maximum absolute atomic E-state index is 9.67. The van der Waals surface area contributed by atoms with Crippen LogP contribution in [0.2, 0.25) is 0 Å². The third-order valence-electron chi connectivity index (χ3n) is 3.98. The van der Waals surface area contributed by atoms with Gasteiger partial charge in [-0.3, -0.25) is 0 Å². The van der Waals surface area contributed by atoms with Crippen LogP contribution in [0.1, 0.15) is 21.7 Å². The van der Waals surface area contributed by atoms with Crippen molar-refractivity contribution in [3.63, 3.8) is 0 Å². The molecule has 1 aliphatic carbocycles. The van der Waals surface area contributed by atoms with Crippen LogP contribution in [0, 0.1) is 0 Å². The van der Waals surface area contributed by atoms with E-state index in [1.165, 1.54) is 29.7 Å². The fraction of sp³-hybridized carbons (Fsp3) is 0.235. The van der Waals surface area contributed by atoms with Crippen LogP contribution >= 0.6 is 11.3 Å². The Labute approximate surface area is 127 Å². The number of aromatic hydroxyl groups is 1. The van der Waals surface area contributed by atoms with Crippen LogP contribution in [0.5, 0.6) is 5.75 Å². The van der Waals surface area contributed by atoms with E-state index in [1.54, 1.807) is 23.2 Å². The minimum atomic E-state index is 0.272. The maximum Gasteiger partial charge on any atom is 0.134 e. The Morgan fingerprint density at radius 1 is 1.19 bits per heavy atom. The number of hydrogen-bond acceptors (Lipinski definition) is 4. The standard InChI is InChI=1S/C17H16N2OS/c20-13-5-4-11-6-7-18-17(15(11)9-13)19-10-14-8-12-2-1-3-16(12)21-14/h4-9,20H,1-3,10H2,(H,18,19). The second kappa shape index (κ2) is 5.04. The van der Waals surface area contributed by atoms with Crippen LogP contribution in [0.15, 0.2) is 36.5 Å². The van der Waals surface area contributed by atoms with Crippen LogP contribution in [0.25, 0.3) is 10.8 Å². The molecule has 4 heteroatoms. The van der Waals surface area contributed by atoms with E-state index in [2.05, 4.69) is 16.4 Å². The molecule has 0 atom stereocenters. The summed E-state index contributed by atoms with van der Waals surface area (Å²) in [5, 5.41) is 15.1. The van der Waals surface area contributed by atoms with E-state index in [9.17, 15) is 5.11 Å². The van der Waals surface area contributed by atoms with Gasteiger partial charge >= 0.3 is 0 Å². The molecule has 4 rings (SSSR count). The van der Waals surface area contributed by atoms with Crippen molar-refractivity contribution in [2.45, 2.75) is 25.8 Å². The van der Waals surface area contributed by atoms with Gasteiger partial charge in [0.2, 0.25) is 0 Å². The van der Waals surface area contributed by atoms with E-state index in [4.69, 9.17) is 0 Å². The number of fused-ring (bicyclic) bond motifs is 2. The Morgan fingerprint density at radius 2 is 2.14 bits per heavy atom. The summed E-state index contributed by atoms with van der Waals surface area (Å²) >= 11 is 1.91. The number of aryl methyl sites for hydroxylation is 2. The molecule has 0 saturated heterocycles. The number of thiophene rings is 1. The Kier molecular flexibility index (Phi) is 3.04. The average molecular weight is 296 g/mol. The first-order valence-corrected chi connectivity index (χ1v) is 8.03. The van der Waals surface area contributed by atoms with Gasteiger partial charge in [0.05, 0.1) is 6.54 Å². The molecule has 21 heavy (non-hydrogen) atoms. The zero-order valence-electron chi connectivity index (χ0n) is 11.6. The molecular weight excluding hydrogens is 280 g/mol. The zero-order valence-corrected chi connectivity index (χ0v) is 12.4. The maximum atomic E-state index is 9.67. The number of pyridine rings is 1. The number of benzene rings is 1. The number of nitrogens with one attached hydrogen (secondary N) is 1. The monoisotopic (exact) mass is 296 g/mol. The fourth-order valence-corrected chi connectivity index (χ4v) is 4.15. The van der Waals surface area contributed by atoms with Crippen molar-refractivity contribution in [2.75, 3.05) is 5.32 Å². The number of rotatable bonds is 3. The van der Waals surface area contributed by atoms with E-state index >= 15 is 0 Å². The van der Waals surface area contributed by atoms with Crippen molar-refractivity contribution in [3.8, 4) is 5.75 Å². The number of hydrogen-bond donors (Lipinski definition) is 2. The second-order valence-corrected chi connectivity index (χ2v) is 6.65. The molecule has 1 aromatic carbocycles.